The maximum absolute atomic E-state index is 3.44. The summed E-state index contributed by atoms with van der Waals surface area (Å²) < 4.78 is 1.25. The highest BCUT2D eigenvalue weighted by Gasteiger charge is 1.94. The lowest BCUT2D eigenvalue weighted by Crippen LogP contribution is -1.77. The third kappa shape index (κ3) is 2.43. The van der Waals surface area contributed by atoms with E-state index in [1.54, 1.807) is 11.3 Å². The van der Waals surface area contributed by atoms with Crippen molar-refractivity contribution in [2.24, 2.45) is 0 Å². The Kier molecular flexibility index (Phi) is 3.43. The maximum Gasteiger partial charge on any atom is 0.0701 e. The van der Waals surface area contributed by atoms with Crippen LogP contribution in [0.2, 0.25) is 0 Å². The van der Waals surface area contributed by atoms with E-state index in [0.29, 0.717) is 0 Å². The molecule has 0 spiro atoms. The van der Waals surface area contributed by atoms with E-state index in [-0.39, 0.29) is 0 Å². The Hall–Kier alpha value is 0.180. The van der Waals surface area contributed by atoms with E-state index in [1.165, 1.54) is 28.6 Å². The van der Waals surface area contributed by atoms with Gasteiger partial charge < -0.3 is 0 Å². The molecule has 1 aromatic rings. The normalized spacial score (nSPS) is 10.2. The molecule has 0 atom stereocenters. The SMILES string of the molecule is CCCCc1csc(Br)c1. The van der Waals surface area contributed by atoms with Gasteiger partial charge in [0, 0.05) is 0 Å². The molecule has 0 nitrogen and oxygen atoms in total. The lowest BCUT2D eigenvalue weighted by molar-refractivity contribution is 0.797. The second-order valence-electron chi connectivity index (χ2n) is 2.36. The molecular weight excluding hydrogens is 208 g/mol. The first kappa shape index (κ1) is 8.28. The summed E-state index contributed by atoms with van der Waals surface area (Å²) in [6.45, 7) is 2.22. The van der Waals surface area contributed by atoms with E-state index >= 15 is 0 Å². The van der Waals surface area contributed by atoms with Crippen molar-refractivity contribution in [2.75, 3.05) is 0 Å². The number of aryl methyl sites for hydroxylation is 1. The third-order valence-corrected chi connectivity index (χ3v) is 2.99. The van der Waals surface area contributed by atoms with Gasteiger partial charge in [-0.15, -0.1) is 11.3 Å². The summed E-state index contributed by atoms with van der Waals surface area (Å²) in [5.41, 5.74) is 1.47. The number of hydrogen-bond acceptors (Lipinski definition) is 1. The molecule has 0 N–H and O–H groups in total. The summed E-state index contributed by atoms with van der Waals surface area (Å²) in [5, 5.41) is 2.22. The molecule has 2 heteroatoms. The average molecular weight is 219 g/mol. The van der Waals surface area contributed by atoms with Crippen LogP contribution in [-0.2, 0) is 6.42 Å². The zero-order valence-electron chi connectivity index (χ0n) is 6.06. The molecule has 0 amide bonds. The van der Waals surface area contributed by atoms with Crippen LogP contribution >= 0.6 is 27.3 Å². The lowest BCUT2D eigenvalue weighted by atomic mass is 10.2. The molecule has 1 heterocycles. The molecule has 0 radical (unpaired) electrons. The first-order chi connectivity index (χ1) is 4.83. The van der Waals surface area contributed by atoms with Gasteiger partial charge in [0.15, 0.2) is 0 Å². The highest BCUT2D eigenvalue weighted by molar-refractivity contribution is 9.11. The molecule has 0 saturated heterocycles. The molecule has 1 rings (SSSR count). The second kappa shape index (κ2) is 4.14. The zero-order chi connectivity index (χ0) is 7.40. The van der Waals surface area contributed by atoms with Crippen LogP contribution in [0.3, 0.4) is 0 Å². The van der Waals surface area contributed by atoms with Crippen LogP contribution < -0.4 is 0 Å². The molecule has 0 unspecified atom stereocenters. The van der Waals surface area contributed by atoms with Crippen molar-refractivity contribution in [3.8, 4) is 0 Å². The highest BCUT2D eigenvalue weighted by atomic mass is 79.9. The van der Waals surface area contributed by atoms with Crippen LogP contribution in [-0.4, -0.2) is 0 Å². The fraction of sp³-hybridized carbons (Fsp3) is 0.500. The van der Waals surface area contributed by atoms with Crippen molar-refractivity contribution in [1.29, 1.82) is 0 Å². The summed E-state index contributed by atoms with van der Waals surface area (Å²) in [5.74, 6) is 0. The van der Waals surface area contributed by atoms with Crippen LogP contribution in [0.25, 0.3) is 0 Å². The van der Waals surface area contributed by atoms with Crippen molar-refractivity contribution >= 4 is 27.3 Å². The van der Waals surface area contributed by atoms with Crippen LogP contribution in [0, 0.1) is 0 Å². The van der Waals surface area contributed by atoms with E-state index in [9.17, 15) is 0 Å². The summed E-state index contributed by atoms with van der Waals surface area (Å²) in [4.78, 5) is 0. The first-order valence-corrected chi connectivity index (χ1v) is 5.23. The van der Waals surface area contributed by atoms with Crippen molar-refractivity contribution in [2.45, 2.75) is 26.2 Å². The highest BCUT2D eigenvalue weighted by Crippen LogP contribution is 2.21. The van der Waals surface area contributed by atoms with Gasteiger partial charge in [0.25, 0.3) is 0 Å². The van der Waals surface area contributed by atoms with Gasteiger partial charge in [0.2, 0.25) is 0 Å². The molecular formula is C8H11BrS. The van der Waals surface area contributed by atoms with Gasteiger partial charge in [0.05, 0.1) is 3.79 Å². The van der Waals surface area contributed by atoms with Crippen LogP contribution in [0.15, 0.2) is 15.2 Å². The molecule has 10 heavy (non-hydrogen) atoms. The molecule has 0 saturated carbocycles. The number of halogens is 1. The quantitative estimate of drug-likeness (QED) is 0.724. The standard InChI is InChI=1S/C8H11BrS/c1-2-3-4-7-5-8(9)10-6-7/h5-6H,2-4H2,1H3. The number of thiophene rings is 1. The Bertz CT molecular complexity index is 193. The van der Waals surface area contributed by atoms with Gasteiger partial charge in [-0.25, -0.2) is 0 Å². The Morgan fingerprint density at radius 2 is 2.40 bits per heavy atom. The molecule has 0 aliphatic heterocycles. The number of hydrogen-bond donors (Lipinski definition) is 0. The summed E-state index contributed by atoms with van der Waals surface area (Å²) in [7, 11) is 0. The smallest absolute Gasteiger partial charge is 0.0701 e. The largest absolute Gasteiger partial charge is 0.137 e. The van der Waals surface area contributed by atoms with E-state index < -0.39 is 0 Å². The minimum absolute atomic E-state index is 1.23. The molecule has 1 aromatic heterocycles. The van der Waals surface area contributed by atoms with Crippen LogP contribution in [0.5, 0.6) is 0 Å². The maximum atomic E-state index is 3.44. The predicted molar refractivity (Wildman–Crippen MR) is 50.6 cm³/mol. The van der Waals surface area contributed by atoms with Crippen molar-refractivity contribution in [1.82, 2.24) is 0 Å². The van der Waals surface area contributed by atoms with E-state index in [2.05, 4.69) is 34.3 Å². The molecule has 0 fully saturated rings. The fourth-order valence-corrected chi connectivity index (χ4v) is 2.10. The summed E-state index contributed by atoms with van der Waals surface area (Å²) >= 11 is 5.21. The molecule has 0 aromatic carbocycles. The monoisotopic (exact) mass is 218 g/mol. The fourth-order valence-electron chi connectivity index (χ4n) is 0.858. The molecule has 0 aliphatic rings. The Morgan fingerprint density at radius 3 is 2.90 bits per heavy atom. The molecule has 0 bridgehead atoms. The van der Waals surface area contributed by atoms with Gasteiger partial charge in [-0.05, 0) is 45.8 Å². The summed E-state index contributed by atoms with van der Waals surface area (Å²) in [6.07, 6.45) is 3.83. The van der Waals surface area contributed by atoms with E-state index in [4.69, 9.17) is 0 Å². The van der Waals surface area contributed by atoms with Crippen LogP contribution in [0.1, 0.15) is 25.3 Å². The molecule has 56 valence electrons. The Morgan fingerprint density at radius 1 is 1.60 bits per heavy atom. The van der Waals surface area contributed by atoms with Crippen molar-refractivity contribution in [3.63, 3.8) is 0 Å². The average Bonchev–Trinajstić information content (AvgIpc) is 2.31. The third-order valence-electron chi connectivity index (χ3n) is 1.44. The van der Waals surface area contributed by atoms with Crippen molar-refractivity contribution in [3.05, 3.63) is 20.8 Å². The topological polar surface area (TPSA) is 0 Å². The van der Waals surface area contributed by atoms with Gasteiger partial charge in [-0.3, -0.25) is 0 Å². The van der Waals surface area contributed by atoms with Crippen LogP contribution in [0.4, 0.5) is 0 Å². The van der Waals surface area contributed by atoms with Crippen molar-refractivity contribution < 1.29 is 0 Å². The van der Waals surface area contributed by atoms with Gasteiger partial charge in [0.1, 0.15) is 0 Å². The number of rotatable bonds is 3. The van der Waals surface area contributed by atoms with E-state index in [1.807, 2.05) is 0 Å². The van der Waals surface area contributed by atoms with E-state index in [0.717, 1.165) is 0 Å². The minimum Gasteiger partial charge on any atom is -0.137 e. The van der Waals surface area contributed by atoms with Gasteiger partial charge in [-0.2, -0.15) is 0 Å². The zero-order valence-corrected chi connectivity index (χ0v) is 8.46. The Balaban J connectivity index is 2.42. The number of unbranched alkanes of at least 4 members (excludes halogenated alkanes) is 1. The minimum atomic E-state index is 1.23. The summed E-state index contributed by atoms with van der Waals surface area (Å²) in [6, 6.07) is 2.21. The molecule has 0 aliphatic carbocycles. The predicted octanol–water partition coefficient (Wildman–Crippen LogP) is 3.85. The second-order valence-corrected chi connectivity index (χ2v) is 4.65. The Labute approximate surface area is 74.4 Å². The van der Waals surface area contributed by atoms with Gasteiger partial charge >= 0.3 is 0 Å². The lowest BCUT2D eigenvalue weighted by Gasteiger charge is -1.91. The van der Waals surface area contributed by atoms with Gasteiger partial charge in [-0.1, -0.05) is 13.3 Å². The first-order valence-electron chi connectivity index (χ1n) is 3.56.